The molecule has 2 amide bonds. The number of carboxylic acid groups (broad SMARTS) is 1. The number of nitrogens with one attached hydrogen (secondary N) is 2. The first-order chi connectivity index (χ1) is 8.08. The van der Waals surface area contributed by atoms with Crippen LogP contribution in [0.4, 0.5) is 4.79 Å². The van der Waals surface area contributed by atoms with E-state index >= 15 is 0 Å². The number of carbonyl (C=O) groups excluding carboxylic acids is 1. The van der Waals surface area contributed by atoms with E-state index in [-0.39, 0.29) is 13.0 Å². The van der Waals surface area contributed by atoms with Gasteiger partial charge >= 0.3 is 12.0 Å². The number of aliphatic carboxylic acids is 1. The first kappa shape index (κ1) is 12.9. The fraction of sp³-hybridized carbons (Fsp3) is 0.400. The van der Waals surface area contributed by atoms with Crippen LogP contribution in [0.5, 0.6) is 0 Å². The van der Waals surface area contributed by atoms with Gasteiger partial charge in [-0.05, 0) is 13.0 Å². The number of hydrogen-bond acceptors (Lipinski definition) is 4. The predicted molar refractivity (Wildman–Crippen MR) is 59.1 cm³/mol. The lowest BCUT2D eigenvalue weighted by Crippen LogP contribution is -2.41. The number of aromatic nitrogens is 2. The Balaban J connectivity index is 2.28. The van der Waals surface area contributed by atoms with Crippen molar-refractivity contribution in [3.8, 4) is 0 Å². The maximum Gasteiger partial charge on any atom is 0.315 e. The van der Waals surface area contributed by atoms with Gasteiger partial charge in [-0.2, -0.15) is 0 Å². The molecule has 0 aliphatic heterocycles. The third-order valence-corrected chi connectivity index (χ3v) is 1.93. The molecular formula is C10H14N4O3. The van der Waals surface area contributed by atoms with Crippen LogP contribution in [0.25, 0.3) is 0 Å². The summed E-state index contributed by atoms with van der Waals surface area (Å²) in [6, 6.07) is 0.844. The number of amides is 2. The van der Waals surface area contributed by atoms with Gasteiger partial charge in [0.25, 0.3) is 0 Å². The van der Waals surface area contributed by atoms with E-state index in [1.54, 1.807) is 19.2 Å². The summed E-state index contributed by atoms with van der Waals surface area (Å²) in [5.41, 5.74) is 0.682. The van der Waals surface area contributed by atoms with E-state index in [0.29, 0.717) is 5.69 Å². The molecule has 0 saturated carbocycles. The van der Waals surface area contributed by atoms with Gasteiger partial charge in [0.1, 0.15) is 6.33 Å². The van der Waals surface area contributed by atoms with Crippen molar-refractivity contribution >= 4 is 12.0 Å². The van der Waals surface area contributed by atoms with Gasteiger partial charge in [0.2, 0.25) is 0 Å². The van der Waals surface area contributed by atoms with E-state index in [4.69, 9.17) is 5.11 Å². The van der Waals surface area contributed by atoms with E-state index in [0.717, 1.165) is 0 Å². The summed E-state index contributed by atoms with van der Waals surface area (Å²) >= 11 is 0. The molecule has 0 saturated heterocycles. The first-order valence-electron chi connectivity index (χ1n) is 5.09. The van der Waals surface area contributed by atoms with Crippen molar-refractivity contribution in [3.05, 3.63) is 24.3 Å². The van der Waals surface area contributed by atoms with E-state index in [9.17, 15) is 9.59 Å². The van der Waals surface area contributed by atoms with Gasteiger partial charge in [0.05, 0.1) is 18.7 Å². The molecule has 0 spiro atoms. The summed E-state index contributed by atoms with van der Waals surface area (Å²) in [6.45, 7) is 1.90. The molecular weight excluding hydrogens is 224 g/mol. The number of urea groups is 1. The maximum absolute atomic E-state index is 11.3. The molecule has 0 bridgehead atoms. The molecule has 1 rings (SSSR count). The molecule has 0 aromatic carbocycles. The number of nitrogens with zero attached hydrogens (tertiary/aromatic N) is 2. The molecule has 3 N–H and O–H groups in total. The summed E-state index contributed by atoms with van der Waals surface area (Å²) in [6.07, 6.45) is 2.86. The highest BCUT2D eigenvalue weighted by Crippen LogP contribution is 1.92. The highest BCUT2D eigenvalue weighted by atomic mass is 16.4. The molecule has 1 unspecified atom stereocenters. The molecule has 92 valence electrons. The maximum atomic E-state index is 11.3. The third kappa shape index (κ3) is 5.45. The van der Waals surface area contributed by atoms with Crippen molar-refractivity contribution in [2.24, 2.45) is 0 Å². The van der Waals surface area contributed by atoms with Crippen LogP contribution < -0.4 is 10.6 Å². The Morgan fingerprint density at radius 3 is 2.88 bits per heavy atom. The molecule has 0 fully saturated rings. The van der Waals surface area contributed by atoms with Crippen LogP contribution in [0.15, 0.2) is 18.6 Å². The van der Waals surface area contributed by atoms with Crippen molar-refractivity contribution in [1.82, 2.24) is 20.6 Å². The average molecular weight is 238 g/mol. The molecule has 1 atom stereocenters. The van der Waals surface area contributed by atoms with Crippen LogP contribution in [-0.2, 0) is 11.3 Å². The molecule has 0 aliphatic carbocycles. The second kappa shape index (κ2) is 6.41. The fourth-order valence-corrected chi connectivity index (χ4v) is 1.18. The first-order valence-corrected chi connectivity index (χ1v) is 5.09. The monoisotopic (exact) mass is 238 g/mol. The molecule has 7 nitrogen and oxygen atoms in total. The van der Waals surface area contributed by atoms with Crippen LogP contribution in [0.1, 0.15) is 19.0 Å². The van der Waals surface area contributed by atoms with Gasteiger partial charge < -0.3 is 15.7 Å². The van der Waals surface area contributed by atoms with Crippen molar-refractivity contribution < 1.29 is 14.7 Å². The van der Waals surface area contributed by atoms with Crippen LogP contribution in [0, 0.1) is 0 Å². The van der Waals surface area contributed by atoms with Crippen molar-refractivity contribution in [2.75, 3.05) is 0 Å². The Morgan fingerprint density at radius 1 is 1.53 bits per heavy atom. The molecule has 1 aromatic rings. The fourth-order valence-electron chi connectivity index (χ4n) is 1.18. The van der Waals surface area contributed by atoms with Crippen molar-refractivity contribution in [2.45, 2.75) is 25.9 Å². The van der Waals surface area contributed by atoms with Crippen LogP contribution >= 0.6 is 0 Å². The topological polar surface area (TPSA) is 104 Å². The van der Waals surface area contributed by atoms with Crippen LogP contribution in [0.2, 0.25) is 0 Å². The quantitative estimate of drug-likeness (QED) is 0.676. The largest absolute Gasteiger partial charge is 0.481 e. The smallest absolute Gasteiger partial charge is 0.315 e. The molecule has 17 heavy (non-hydrogen) atoms. The number of carboxylic acids is 1. The predicted octanol–water partition coefficient (Wildman–Crippen LogP) is 0.139. The molecule has 0 radical (unpaired) electrons. The van der Waals surface area contributed by atoms with E-state index in [2.05, 4.69) is 20.6 Å². The van der Waals surface area contributed by atoms with Gasteiger partial charge in [0, 0.05) is 12.2 Å². The lowest BCUT2D eigenvalue weighted by molar-refractivity contribution is -0.137. The third-order valence-electron chi connectivity index (χ3n) is 1.93. The minimum absolute atomic E-state index is 0.110. The number of hydrogen-bond donors (Lipinski definition) is 3. The normalized spacial score (nSPS) is 11.6. The molecule has 0 aliphatic rings. The van der Waals surface area contributed by atoms with E-state index < -0.39 is 18.0 Å². The Labute approximate surface area is 98.3 Å². The lowest BCUT2D eigenvalue weighted by Gasteiger charge is -2.12. The zero-order valence-electron chi connectivity index (χ0n) is 9.38. The summed E-state index contributed by atoms with van der Waals surface area (Å²) in [5.74, 6) is -0.950. The van der Waals surface area contributed by atoms with Gasteiger partial charge in [0.15, 0.2) is 0 Å². The summed E-state index contributed by atoms with van der Waals surface area (Å²) in [5, 5.41) is 13.6. The Hall–Kier alpha value is -2.18. The second-order valence-electron chi connectivity index (χ2n) is 3.53. The van der Waals surface area contributed by atoms with Gasteiger partial charge in [-0.25, -0.2) is 14.8 Å². The van der Waals surface area contributed by atoms with Gasteiger partial charge in [-0.1, -0.05) is 0 Å². The standard InChI is InChI=1S/C10H14N4O3/c1-7(4-9(15)16)14-10(17)12-5-8-2-3-11-6-13-8/h2-3,6-7H,4-5H2,1H3,(H,15,16)(H2,12,14,17). The zero-order valence-corrected chi connectivity index (χ0v) is 9.38. The Bertz CT molecular complexity index is 382. The summed E-state index contributed by atoms with van der Waals surface area (Å²) in [7, 11) is 0. The van der Waals surface area contributed by atoms with Gasteiger partial charge in [-0.3, -0.25) is 4.79 Å². The van der Waals surface area contributed by atoms with Crippen LogP contribution in [-0.4, -0.2) is 33.1 Å². The van der Waals surface area contributed by atoms with Crippen LogP contribution in [0.3, 0.4) is 0 Å². The number of carbonyl (C=O) groups is 2. The van der Waals surface area contributed by atoms with E-state index in [1.165, 1.54) is 6.33 Å². The van der Waals surface area contributed by atoms with Gasteiger partial charge in [-0.15, -0.1) is 0 Å². The Morgan fingerprint density at radius 2 is 2.29 bits per heavy atom. The molecule has 1 heterocycles. The highest BCUT2D eigenvalue weighted by molar-refractivity contribution is 5.75. The summed E-state index contributed by atoms with van der Waals surface area (Å²) < 4.78 is 0. The minimum atomic E-state index is -0.950. The highest BCUT2D eigenvalue weighted by Gasteiger charge is 2.10. The minimum Gasteiger partial charge on any atom is -0.481 e. The lowest BCUT2D eigenvalue weighted by atomic mass is 10.2. The average Bonchev–Trinajstić information content (AvgIpc) is 2.26. The Kier molecular flexibility index (Phi) is 4.86. The second-order valence-corrected chi connectivity index (χ2v) is 3.53. The SMILES string of the molecule is CC(CC(=O)O)NC(=O)NCc1ccncn1. The molecule has 1 aromatic heterocycles. The van der Waals surface area contributed by atoms with E-state index in [1.807, 2.05) is 0 Å². The zero-order chi connectivity index (χ0) is 12.7. The van der Waals surface area contributed by atoms with Crippen molar-refractivity contribution in [1.29, 1.82) is 0 Å². The molecule has 7 heteroatoms. The van der Waals surface area contributed by atoms with Crippen molar-refractivity contribution in [3.63, 3.8) is 0 Å². The number of rotatable bonds is 5. The summed E-state index contributed by atoms with van der Waals surface area (Å²) in [4.78, 5) is 29.4.